The van der Waals surface area contributed by atoms with Crippen LogP contribution in [0.1, 0.15) is 12.5 Å². The van der Waals surface area contributed by atoms with Gasteiger partial charge < -0.3 is 10.5 Å². The second-order valence-corrected chi connectivity index (χ2v) is 3.34. The smallest absolute Gasteiger partial charge is 0.219 e. The van der Waals surface area contributed by atoms with Crippen molar-refractivity contribution in [1.29, 1.82) is 0 Å². The Morgan fingerprint density at radius 3 is 3.06 bits per heavy atom. The normalized spacial score (nSPS) is 10.4. The van der Waals surface area contributed by atoms with E-state index in [0.717, 1.165) is 12.1 Å². The van der Waals surface area contributed by atoms with Crippen molar-refractivity contribution in [2.45, 2.75) is 20.0 Å². The zero-order valence-corrected chi connectivity index (χ0v) is 9.13. The van der Waals surface area contributed by atoms with E-state index in [1.807, 2.05) is 25.3 Å². The highest BCUT2D eigenvalue weighted by Crippen LogP contribution is 2.18. The molecule has 0 aliphatic rings. The molecule has 2 rings (SSSR count). The Bertz CT molecular complexity index is 467. The Kier molecular flexibility index (Phi) is 3.16. The molecule has 0 bridgehead atoms. The molecule has 2 N–H and O–H groups in total. The van der Waals surface area contributed by atoms with Gasteiger partial charge in [0.2, 0.25) is 5.88 Å². The summed E-state index contributed by atoms with van der Waals surface area (Å²) in [5, 5.41) is 4.11. The lowest BCUT2D eigenvalue weighted by atomic mass is 10.3. The highest BCUT2D eigenvalue weighted by molar-refractivity contribution is 5.25. The van der Waals surface area contributed by atoms with Gasteiger partial charge in [-0.3, -0.25) is 4.68 Å². The van der Waals surface area contributed by atoms with Gasteiger partial charge >= 0.3 is 0 Å². The lowest BCUT2D eigenvalue weighted by molar-refractivity contribution is 0.461. The summed E-state index contributed by atoms with van der Waals surface area (Å²) in [6.07, 6.45) is 5.18. The maximum atomic E-state index is 5.55. The molecule has 5 heteroatoms. The first kappa shape index (κ1) is 10.6. The van der Waals surface area contributed by atoms with Gasteiger partial charge in [0.05, 0.1) is 12.4 Å². The largest absolute Gasteiger partial charge is 0.436 e. The molecule has 2 aromatic heterocycles. The number of aryl methyl sites for hydroxylation is 1. The zero-order chi connectivity index (χ0) is 11.4. The zero-order valence-electron chi connectivity index (χ0n) is 9.13. The fourth-order valence-electron chi connectivity index (χ4n) is 1.32. The molecule has 0 amide bonds. The van der Waals surface area contributed by atoms with Crippen molar-refractivity contribution in [1.82, 2.24) is 14.8 Å². The van der Waals surface area contributed by atoms with Crippen LogP contribution in [0.3, 0.4) is 0 Å². The van der Waals surface area contributed by atoms with Crippen molar-refractivity contribution in [3.05, 3.63) is 36.3 Å². The highest BCUT2D eigenvalue weighted by atomic mass is 16.5. The Hall–Kier alpha value is -1.88. The van der Waals surface area contributed by atoms with Gasteiger partial charge in [0.15, 0.2) is 5.75 Å². The summed E-state index contributed by atoms with van der Waals surface area (Å²) in [4.78, 5) is 4.10. The van der Waals surface area contributed by atoms with Gasteiger partial charge in [-0.2, -0.15) is 5.10 Å². The molecule has 5 nitrogen and oxygen atoms in total. The molecule has 16 heavy (non-hydrogen) atoms. The van der Waals surface area contributed by atoms with E-state index in [1.54, 1.807) is 17.1 Å². The molecule has 0 aliphatic heterocycles. The summed E-state index contributed by atoms with van der Waals surface area (Å²) < 4.78 is 7.35. The quantitative estimate of drug-likeness (QED) is 0.845. The van der Waals surface area contributed by atoms with Gasteiger partial charge in [0.1, 0.15) is 0 Å². The molecule has 0 atom stereocenters. The van der Waals surface area contributed by atoms with Crippen LogP contribution in [0.5, 0.6) is 11.6 Å². The summed E-state index contributed by atoms with van der Waals surface area (Å²) in [7, 11) is 0. The third kappa shape index (κ3) is 2.38. The topological polar surface area (TPSA) is 66.0 Å². The van der Waals surface area contributed by atoms with Crippen molar-refractivity contribution in [3.8, 4) is 11.6 Å². The third-order valence-electron chi connectivity index (χ3n) is 2.19. The van der Waals surface area contributed by atoms with Crippen LogP contribution < -0.4 is 10.5 Å². The van der Waals surface area contributed by atoms with E-state index in [4.69, 9.17) is 10.5 Å². The number of hydrogen-bond acceptors (Lipinski definition) is 4. The molecule has 0 aliphatic carbocycles. The second-order valence-electron chi connectivity index (χ2n) is 3.34. The second kappa shape index (κ2) is 4.76. The van der Waals surface area contributed by atoms with E-state index in [0.29, 0.717) is 18.2 Å². The molecule has 0 aromatic carbocycles. The van der Waals surface area contributed by atoms with Crippen molar-refractivity contribution >= 4 is 0 Å². The van der Waals surface area contributed by atoms with Crippen LogP contribution >= 0.6 is 0 Å². The molecule has 0 fully saturated rings. The first-order valence-corrected chi connectivity index (χ1v) is 5.17. The van der Waals surface area contributed by atoms with Gasteiger partial charge in [-0.1, -0.05) is 0 Å². The SMILES string of the molecule is CCn1cc(Oc2cc(CN)ccn2)cn1. The van der Waals surface area contributed by atoms with Gasteiger partial charge in [-0.05, 0) is 18.6 Å². The molecule has 2 heterocycles. The average molecular weight is 218 g/mol. The van der Waals surface area contributed by atoms with Gasteiger partial charge in [-0.15, -0.1) is 0 Å². The molecule has 2 aromatic rings. The van der Waals surface area contributed by atoms with E-state index >= 15 is 0 Å². The predicted octanol–water partition coefficient (Wildman–Crippen LogP) is 1.55. The Balaban J connectivity index is 2.13. The standard InChI is InChI=1S/C11H14N4O/c1-2-15-8-10(7-14-15)16-11-5-9(6-12)3-4-13-11/h3-5,7-8H,2,6,12H2,1H3. The average Bonchev–Trinajstić information content (AvgIpc) is 2.77. The van der Waals surface area contributed by atoms with Crippen LogP contribution in [0.25, 0.3) is 0 Å². The van der Waals surface area contributed by atoms with Crippen LogP contribution in [0, 0.1) is 0 Å². The maximum absolute atomic E-state index is 5.55. The number of rotatable bonds is 4. The summed E-state index contributed by atoms with van der Waals surface area (Å²) >= 11 is 0. The van der Waals surface area contributed by atoms with E-state index in [9.17, 15) is 0 Å². The summed E-state index contributed by atoms with van der Waals surface area (Å²) in [5.41, 5.74) is 6.53. The Labute approximate surface area is 93.9 Å². The van der Waals surface area contributed by atoms with Crippen molar-refractivity contribution < 1.29 is 4.74 Å². The fourth-order valence-corrected chi connectivity index (χ4v) is 1.32. The summed E-state index contributed by atoms with van der Waals surface area (Å²) in [6.45, 7) is 3.32. The van der Waals surface area contributed by atoms with Crippen molar-refractivity contribution in [3.63, 3.8) is 0 Å². The predicted molar refractivity (Wildman–Crippen MR) is 60.1 cm³/mol. The lowest BCUT2D eigenvalue weighted by Crippen LogP contribution is -1.97. The first-order valence-electron chi connectivity index (χ1n) is 5.17. The van der Waals surface area contributed by atoms with Gasteiger partial charge in [0.25, 0.3) is 0 Å². The Morgan fingerprint density at radius 2 is 2.38 bits per heavy atom. The maximum Gasteiger partial charge on any atom is 0.219 e. The fraction of sp³-hybridized carbons (Fsp3) is 0.273. The molecule has 0 saturated carbocycles. The molecular formula is C11H14N4O. The Morgan fingerprint density at radius 1 is 1.50 bits per heavy atom. The number of aromatic nitrogens is 3. The van der Waals surface area contributed by atoms with Crippen LogP contribution in [0.2, 0.25) is 0 Å². The van der Waals surface area contributed by atoms with Crippen LogP contribution in [-0.2, 0) is 13.1 Å². The minimum Gasteiger partial charge on any atom is -0.436 e. The van der Waals surface area contributed by atoms with Crippen LogP contribution in [0.15, 0.2) is 30.7 Å². The first-order chi connectivity index (χ1) is 7.81. The number of ether oxygens (including phenoxy) is 1. The van der Waals surface area contributed by atoms with Crippen LogP contribution in [-0.4, -0.2) is 14.8 Å². The monoisotopic (exact) mass is 218 g/mol. The van der Waals surface area contributed by atoms with E-state index in [-0.39, 0.29) is 0 Å². The van der Waals surface area contributed by atoms with Crippen molar-refractivity contribution in [2.75, 3.05) is 0 Å². The minimum atomic E-state index is 0.479. The van der Waals surface area contributed by atoms with Gasteiger partial charge in [0, 0.05) is 25.4 Å². The minimum absolute atomic E-state index is 0.479. The molecule has 0 radical (unpaired) electrons. The lowest BCUT2D eigenvalue weighted by Gasteiger charge is -2.02. The third-order valence-corrected chi connectivity index (χ3v) is 2.19. The molecule has 0 unspecified atom stereocenters. The van der Waals surface area contributed by atoms with E-state index in [2.05, 4.69) is 10.1 Å². The van der Waals surface area contributed by atoms with Crippen molar-refractivity contribution in [2.24, 2.45) is 5.73 Å². The number of nitrogens with two attached hydrogens (primary N) is 1. The summed E-state index contributed by atoms with van der Waals surface area (Å²) in [6, 6.07) is 3.69. The summed E-state index contributed by atoms with van der Waals surface area (Å²) in [5.74, 6) is 1.22. The number of nitrogens with zero attached hydrogens (tertiary/aromatic N) is 3. The van der Waals surface area contributed by atoms with E-state index in [1.165, 1.54) is 0 Å². The molecular weight excluding hydrogens is 204 g/mol. The molecule has 0 saturated heterocycles. The van der Waals surface area contributed by atoms with E-state index < -0.39 is 0 Å². The number of hydrogen-bond donors (Lipinski definition) is 1. The molecule has 0 spiro atoms. The molecule has 84 valence electrons. The van der Waals surface area contributed by atoms with Crippen LogP contribution in [0.4, 0.5) is 0 Å². The number of pyridine rings is 1. The van der Waals surface area contributed by atoms with Gasteiger partial charge in [-0.25, -0.2) is 4.98 Å². The highest BCUT2D eigenvalue weighted by Gasteiger charge is 2.02.